The minimum atomic E-state index is -0.0797. The third kappa shape index (κ3) is 1.87. The molecule has 4 heteroatoms. The lowest BCUT2D eigenvalue weighted by Gasteiger charge is -1.97. The molecule has 1 aliphatic heterocycles. The fraction of sp³-hybridized carbons (Fsp3) is 0.133. The number of H-pyrrole nitrogens is 1. The molecule has 1 aromatic heterocycles. The number of aromatic nitrogens is 1. The number of rotatable bonds is 1. The van der Waals surface area contributed by atoms with Crippen molar-refractivity contribution in [2.45, 2.75) is 13.8 Å². The first-order valence-corrected chi connectivity index (χ1v) is 6.43. The second-order valence-electron chi connectivity index (χ2n) is 4.66. The van der Waals surface area contributed by atoms with Crippen LogP contribution in [0.1, 0.15) is 22.5 Å². The number of para-hydroxylation sites is 1. The molecular formula is C15H13ClN2O. The molecule has 0 saturated heterocycles. The standard InChI is InChI=1S/C15H13ClN2O/c1-8-13(17-9(2)14(8)16)7-11-10-5-3-4-6-12(10)18-15(11)19/h3-7,17H,1-2H3,(H,18,19). The number of anilines is 1. The second-order valence-corrected chi connectivity index (χ2v) is 5.04. The van der Waals surface area contributed by atoms with Crippen LogP contribution in [-0.4, -0.2) is 10.9 Å². The first kappa shape index (κ1) is 12.1. The van der Waals surface area contributed by atoms with Crippen LogP contribution in [0.4, 0.5) is 5.69 Å². The van der Waals surface area contributed by atoms with E-state index in [0.717, 1.165) is 33.2 Å². The van der Waals surface area contributed by atoms with Gasteiger partial charge < -0.3 is 10.3 Å². The van der Waals surface area contributed by atoms with Gasteiger partial charge in [0.15, 0.2) is 0 Å². The highest BCUT2D eigenvalue weighted by molar-refractivity contribution is 6.35. The van der Waals surface area contributed by atoms with Crippen molar-refractivity contribution in [3.63, 3.8) is 0 Å². The van der Waals surface area contributed by atoms with Gasteiger partial charge in [0.25, 0.3) is 5.91 Å². The van der Waals surface area contributed by atoms with Crippen molar-refractivity contribution < 1.29 is 4.79 Å². The van der Waals surface area contributed by atoms with Gasteiger partial charge in [-0.2, -0.15) is 0 Å². The molecule has 0 saturated carbocycles. The van der Waals surface area contributed by atoms with Gasteiger partial charge in [-0.15, -0.1) is 0 Å². The number of fused-ring (bicyclic) bond motifs is 1. The number of amides is 1. The molecule has 2 aromatic rings. The minimum absolute atomic E-state index is 0.0797. The van der Waals surface area contributed by atoms with E-state index in [2.05, 4.69) is 10.3 Å². The number of aryl methyl sites for hydroxylation is 1. The van der Waals surface area contributed by atoms with E-state index in [9.17, 15) is 4.79 Å². The van der Waals surface area contributed by atoms with Crippen molar-refractivity contribution in [2.24, 2.45) is 0 Å². The van der Waals surface area contributed by atoms with Crippen molar-refractivity contribution in [1.82, 2.24) is 4.98 Å². The predicted molar refractivity (Wildman–Crippen MR) is 78.2 cm³/mol. The third-order valence-electron chi connectivity index (χ3n) is 3.38. The van der Waals surface area contributed by atoms with Crippen molar-refractivity contribution in [2.75, 3.05) is 5.32 Å². The van der Waals surface area contributed by atoms with E-state index in [1.54, 1.807) is 0 Å². The lowest BCUT2D eigenvalue weighted by Crippen LogP contribution is -2.03. The molecule has 2 heterocycles. The SMILES string of the molecule is Cc1[nH]c(C=C2C(=O)Nc3ccccc32)c(C)c1Cl. The van der Waals surface area contributed by atoms with Crippen LogP contribution in [0.2, 0.25) is 5.02 Å². The number of hydrogen-bond donors (Lipinski definition) is 2. The number of aromatic amines is 1. The molecule has 96 valence electrons. The molecular weight excluding hydrogens is 260 g/mol. The highest BCUT2D eigenvalue weighted by Gasteiger charge is 2.24. The smallest absolute Gasteiger partial charge is 0.256 e. The molecule has 0 radical (unpaired) electrons. The van der Waals surface area contributed by atoms with Crippen LogP contribution >= 0.6 is 11.6 Å². The average Bonchev–Trinajstić information content (AvgIpc) is 2.83. The van der Waals surface area contributed by atoms with Gasteiger partial charge in [-0.05, 0) is 31.6 Å². The minimum Gasteiger partial charge on any atom is -0.358 e. The van der Waals surface area contributed by atoms with E-state index in [1.165, 1.54) is 0 Å². The molecule has 1 aliphatic rings. The van der Waals surface area contributed by atoms with Crippen LogP contribution in [0.25, 0.3) is 11.6 Å². The fourth-order valence-electron chi connectivity index (χ4n) is 2.32. The maximum absolute atomic E-state index is 12.0. The fourth-order valence-corrected chi connectivity index (χ4v) is 2.47. The number of carbonyl (C=O) groups excluding carboxylic acids is 1. The van der Waals surface area contributed by atoms with Crippen LogP contribution in [0.5, 0.6) is 0 Å². The van der Waals surface area contributed by atoms with Crippen LogP contribution in [0.3, 0.4) is 0 Å². The first-order chi connectivity index (χ1) is 9.08. The molecule has 0 fully saturated rings. The third-order valence-corrected chi connectivity index (χ3v) is 3.95. The summed E-state index contributed by atoms with van der Waals surface area (Å²) in [5.74, 6) is -0.0797. The van der Waals surface area contributed by atoms with Gasteiger partial charge in [-0.1, -0.05) is 29.8 Å². The second kappa shape index (κ2) is 4.28. The van der Waals surface area contributed by atoms with Crippen LogP contribution in [0, 0.1) is 13.8 Å². The van der Waals surface area contributed by atoms with Gasteiger partial charge in [-0.25, -0.2) is 0 Å². The average molecular weight is 273 g/mol. The molecule has 0 atom stereocenters. The van der Waals surface area contributed by atoms with Crippen molar-refractivity contribution in [3.8, 4) is 0 Å². The molecule has 0 aliphatic carbocycles. The summed E-state index contributed by atoms with van der Waals surface area (Å²) in [5.41, 5.74) is 5.20. The van der Waals surface area contributed by atoms with E-state index in [1.807, 2.05) is 44.2 Å². The summed E-state index contributed by atoms with van der Waals surface area (Å²) in [7, 11) is 0. The highest BCUT2D eigenvalue weighted by Crippen LogP contribution is 2.34. The van der Waals surface area contributed by atoms with Crippen LogP contribution in [0.15, 0.2) is 24.3 Å². The normalized spacial score (nSPS) is 15.7. The zero-order valence-corrected chi connectivity index (χ0v) is 11.4. The monoisotopic (exact) mass is 272 g/mol. The zero-order valence-electron chi connectivity index (χ0n) is 10.7. The summed E-state index contributed by atoms with van der Waals surface area (Å²) >= 11 is 6.16. The Kier molecular flexibility index (Phi) is 2.72. The molecule has 2 N–H and O–H groups in total. The Labute approximate surface area is 116 Å². The summed E-state index contributed by atoms with van der Waals surface area (Å²) in [5, 5.41) is 3.58. The van der Waals surface area contributed by atoms with Gasteiger partial charge in [0.2, 0.25) is 0 Å². The molecule has 3 nitrogen and oxygen atoms in total. The Morgan fingerprint density at radius 1 is 1.21 bits per heavy atom. The number of hydrogen-bond acceptors (Lipinski definition) is 1. The molecule has 0 unspecified atom stereocenters. The Morgan fingerprint density at radius 2 is 1.95 bits per heavy atom. The molecule has 0 spiro atoms. The Hall–Kier alpha value is -2.00. The predicted octanol–water partition coefficient (Wildman–Crippen LogP) is 3.78. The van der Waals surface area contributed by atoms with E-state index in [4.69, 9.17) is 11.6 Å². The topological polar surface area (TPSA) is 44.9 Å². The summed E-state index contributed by atoms with van der Waals surface area (Å²) in [6.45, 7) is 3.86. The number of nitrogens with one attached hydrogen (secondary N) is 2. The Balaban J connectivity index is 2.14. The summed E-state index contributed by atoms with van der Waals surface area (Å²) < 4.78 is 0. The van der Waals surface area contributed by atoms with Gasteiger partial charge >= 0.3 is 0 Å². The van der Waals surface area contributed by atoms with Crippen LogP contribution < -0.4 is 5.32 Å². The van der Waals surface area contributed by atoms with Crippen molar-refractivity contribution in [1.29, 1.82) is 0 Å². The van der Waals surface area contributed by atoms with Gasteiger partial charge in [0.05, 0.1) is 10.6 Å². The molecule has 1 amide bonds. The maximum atomic E-state index is 12.0. The lowest BCUT2D eigenvalue weighted by atomic mass is 10.1. The summed E-state index contributed by atoms with van der Waals surface area (Å²) in [6, 6.07) is 7.66. The zero-order chi connectivity index (χ0) is 13.6. The van der Waals surface area contributed by atoms with Gasteiger partial charge in [0.1, 0.15) is 0 Å². The Bertz CT molecular complexity index is 713. The highest BCUT2D eigenvalue weighted by atomic mass is 35.5. The van der Waals surface area contributed by atoms with E-state index in [-0.39, 0.29) is 5.91 Å². The quantitative estimate of drug-likeness (QED) is 0.763. The Morgan fingerprint density at radius 3 is 2.63 bits per heavy atom. The van der Waals surface area contributed by atoms with Gasteiger partial charge in [-0.3, -0.25) is 4.79 Å². The van der Waals surface area contributed by atoms with E-state index in [0.29, 0.717) is 5.57 Å². The lowest BCUT2D eigenvalue weighted by molar-refractivity contribution is -0.110. The maximum Gasteiger partial charge on any atom is 0.256 e. The molecule has 3 rings (SSSR count). The number of carbonyl (C=O) groups is 1. The van der Waals surface area contributed by atoms with Gasteiger partial charge in [0, 0.05) is 22.6 Å². The molecule has 1 aromatic carbocycles. The van der Waals surface area contributed by atoms with Crippen LogP contribution in [-0.2, 0) is 4.79 Å². The van der Waals surface area contributed by atoms with Crippen molar-refractivity contribution >= 4 is 34.8 Å². The first-order valence-electron chi connectivity index (χ1n) is 6.05. The molecule has 19 heavy (non-hydrogen) atoms. The number of halogens is 1. The summed E-state index contributed by atoms with van der Waals surface area (Å²) in [6.07, 6.45) is 1.86. The number of benzene rings is 1. The molecule has 0 bridgehead atoms. The van der Waals surface area contributed by atoms with Crippen molar-refractivity contribution in [3.05, 3.63) is 51.8 Å². The largest absolute Gasteiger partial charge is 0.358 e. The summed E-state index contributed by atoms with van der Waals surface area (Å²) in [4.78, 5) is 15.2. The van der Waals surface area contributed by atoms with E-state index >= 15 is 0 Å². The van der Waals surface area contributed by atoms with E-state index < -0.39 is 0 Å².